The average Bonchev–Trinajstić information content (AvgIpc) is 3.46. The van der Waals surface area contributed by atoms with E-state index in [1.165, 1.54) is 18.4 Å². The average molecular weight is 325 g/mol. The van der Waals surface area contributed by atoms with Crippen LogP contribution in [0.15, 0.2) is 60.7 Å². The molecule has 0 bridgehead atoms. The van der Waals surface area contributed by atoms with E-state index in [2.05, 4.69) is 17.4 Å². The molecule has 0 saturated heterocycles. The quantitative estimate of drug-likeness (QED) is 0.719. The van der Waals surface area contributed by atoms with Crippen LogP contribution in [0.25, 0.3) is 0 Å². The van der Waals surface area contributed by atoms with E-state index < -0.39 is 0 Å². The van der Waals surface area contributed by atoms with Crippen molar-refractivity contribution < 1.29 is 14.3 Å². The molecule has 4 heteroatoms. The largest absolute Gasteiger partial charge is 0.491 e. The zero-order valence-electron chi connectivity index (χ0n) is 13.7. The number of hydrogen-bond acceptors (Lipinski definition) is 3. The Morgan fingerprint density at radius 1 is 1.00 bits per heavy atom. The van der Waals surface area contributed by atoms with Crippen LogP contribution in [0.2, 0.25) is 0 Å². The molecule has 1 aliphatic rings. The first-order chi connectivity index (χ1) is 11.8. The molecule has 2 aromatic rings. The third-order valence-corrected chi connectivity index (χ3v) is 4.04. The summed E-state index contributed by atoms with van der Waals surface area (Å²) in [6.07, 6.45) is 2.34. The van der Waals surface area contributed by atoms with Gasteiger partial charge in [-0.2, -0.15) is 0 Å². The van der Waals surface area contributed by atoms with Gasteiger partial charge in [-0.05, 0) is 36.5 Å². The first-order valence-corrected chi connectivity index (χ1v) is 8.43. The van der Waals surface area contributed by atoms with Gasteiger partial charge in [-0.1, -0.05) is 48.5 Å². The summed E-state index contributed by atoms with van der Waals surface area (Å²) in [4.78, 5) is 12.1. The van der Waals surface area contributed by atoms with E-state index >= 15 is 0 Å². The van der Waals surface area contributed by atoms with Crippen molar-refractivity contribution in [3.8, 4) is 5.75 Å². The fraction of sp³-hybridized carbons (Fsp3) is 0.350. The number of amides is 1. The molecule has 1 atom stereocenters. The van der Waals surface area contributed by atoms with E-state index in [1.54, 1.807) is 0 Å². The number of para-hydroxylation sites is 1. The van der Waals surface area contributed by atoms with Crippen LogP contribution in [0.4, 0.5) is 0 Å². The van der Waals surface area contributed by atoms with Gasteiger partial charge >= 0.3 is 0 Å². The summed E-state index contributed by atoms with van der Waals surface area (Å²) in [6, 6.07) is 19.8. The third-order valence-electron chi connectivity index (χ3n) is 4.04. The Balaban J connectivity index is 1.37. The van der Waals surface area contributed by atoms with Crippen LogP contribution in [-0.2, 0) is 9.53 Å². The number of benzene rings is 2. The van der Waals surface area contributed by atoms with Crippen LogP contribution in [0.3, 0.4) is 0 Å². The lowest BCUT2D eigenvalue weighted by molar-refractivity contribution is -0.126. The van der Waals surface area contributed by atoms with Crippen molar-refractivity contribution in [2.75, 3.05) is 19.8 Å². The highest BCUT2D eigenvalue weighted by molar-refractivity contribution is 5.77. The number of carbonyl (C=O) groups excluding carboxylic acids is 1. The minimum absolute atomic E-state index is 0.0637. The Morgan fingerprint density at radius 3 is 2.33 bits per heavy atom. The van der Waals surface area contributed by atoms with Crippen molar-refractivity contribution >= 4 is 5.91 Å². The minimum Gasteiger partial charge on any atom is -0.491 e. The molecule has 1 fully saturated rings. The lowest BCUT2D eigenvalue weighted by Crippen LogP contribution is -2.33. The van der Waals surface area contributed by atoms with Crippen LogP contribution in [-0.4, -0.2) is 25.7 Å². The van der Waals surface area contributed by atoms with Gasteiger partial charge in [0.1, 0.15) is 19.0 Å². The molecule has 0 unspecified atom stereocenters. The van der Waals surface area contributed by atoms with Gasteiger partial charge in [0.05, 0.1) is 12.6 Å². The van der Waals surface area contributed by atoms with Crippen LogP contribution >= 0.6 is 0 Å². The van der Waals surface area contributed by atoms with Gasteiger partial charge in [0.2, 0.25) is 5.91 Å². The molecule has 0 spiro atoms. The first kappa shape index (κ1) is 16.5. The molecule has 2 aromatic carbocycles. The monoisotopic (exact) mass is 325 g/mol. The highest BCUT2D eigenvalue weighted by Crippen LogP contribution is 2.40. The maximum atomic E-state index is 12.1. The predicted octanol–water partition coefficient (Wildman–Crippen LogP) is 3.35. The smallest absolute Gasteiger partial charge is 0.246 e. The van der Waals surface area contributed by atoms with Crippen molar-refractivity contribution in [3.05, 3.63) is 66.2 Å². The molecule has 4 nitrogen and oxygen atoms in total. The fourth-order valence-corrected chi connectivity index (χ4v) is 2.68. The van der Waals surface area contributed by atoms with Gasteiger partial charge in [0.15, 0.2) is 0 Å². The number of rotatable bonds is 9. The second-order valence-corrected chi connectivity index (χ2v) is 6.01. The Labute approximate surface area is 142 Å². The molecular formula is C20H23NO3. The molecular weight excluding hydrogens is 302 g/mol. The zero-order chi connectivity index (χ0) is 16.6. The fourth-order valence-electron chi connectivity index (χ4n) is 2.68. The van der Waals surface area contributed by atoms with Crippen LogP contribution in [0.1, 0.15) is 24.4 Å². The minimum atomic E-state index is -0.0736. The van der Waals surface area contributed by atoms with E-state index in [9.17, 15) is 4.79 Å². The summed E-state index contributed by atoms with van der Waals surface area (Å²) in [5.41, 5.74) is 1.17. The summed E-state index contributed by atoms with van der Waals surface area (Å²) in [6.45, 7) is 0.887. The molecule has 0 aromatic heterocycles. The van der Waals surface area contributed by atoms with Gasteiger partial charge < -0.3 is 14.8 Å². The Hall–Kier alpha value is -2.33. The Kier molecular flexibility index (Phi) is 5.85. The van der Waals surface area contributed by atoms with E-state index in [1.807, 2.05) is 48.5 Å². The lowest BCUT2D eigenvalue weighted by atomic mass is 10.0. The van der Waals surface area contributed by atoms with Gasteiger partial charge in [0.25, 0.3) is 0 Å². The summed E-state index contributed by atoms with van der Waals surface area (Å²) < 4.78 is 10.9. The molecule has 1 N–H and O–H groups in total. The van der Waals surface area contributed by atoms with Gasteiger partial charge in [-0.3, -0.25) is 4.79 Å². The van der Waals surface area contributed by atoms with E-state index in [0.29, 0.717) is 19.1 Å². The summed E-state index contributed by atoms with van der Waals surface area (Å²) in [5.74, 6) is 1.29. The molecule has 1 saturated carbocycles. The lowest BCUT2D eigenvalue weighted by Gasteiger charge is -2.18. The Bertz CT molecular complexity index is 626. The first-order valence-electron chi connectivity index (χ1n) is 8.43. The molecule has 24 heavy (non-hydrogen) atoms. The number of hydrogen-bond donors (Lipinski definition) is 1. The van der Waals surface area contributed by atoms with Gasteiger partial charge in [-0.25, -0.2) is 0 Å². The molecule has 3 rings (SSSR count). The van der Waals surface area contributed by atoms with E-state index in [4.69, 9.17) is 9.47 Å². The maximum absolute atomic E-state index is 12.1. The van der Waals surface area contributed by atoms with Crippen molar-refractivity contribution in [1.82, 2.24) is 5.32 Å². The highest BCUT2D eigenvalue weighted by Gasteiger charge is 2.33. The van der Waals surface area contributed by atoms with Crippen molar-refractivity contribution in [3.63, 3.8) is 0 Å². The molecule has 0 heterocycles. The molecule has 126 valence electrons. The number of ether oxygens (including phenoxy) is 2. The molecule has 1 amide bonds. The van der Waals surface area contributed by atoms with E-state index in [0.717, 1.165) is 5.75 Å². The van der Waals surface area contributed by atoms with Gasteiger partial charge in [0, 0.05) is 0 Å². The molecule has 0 aliphatic heterocycles. The van der Waals surface area contributed by atoms with Crippen molar-refractivity contribution in [2.45, 2.75) is 18.9 Å². The third kappa shape index (κ3) is 5.10. The topological polar surface area (TPSA) is 47.6 Å². The summed E-state index contributed by atoms with van der Waals surface area (Å²) in [5, 5.41) is 3.10. The summed E-state index contributed by atoms with van der Waals surface area (Å²) >= 11 is 0. The number of nitrogens with one attached hydrogen (secondary N) is 1. The van der Waals surface area contributed by atoms with Crippen LogP contribution < -0.4 is 10.1 Å². The number of carbonyl (C=O) groups is 1. The van der Waals surface area contributed by atoms with Crippen molar-refractivity contribution in [1.29, 1.82) is 0 Å². The van der Waals surface area contributed by atoms with E-state index in [-0.39, 0.29) is 18.6 Å². The molecule has 0 radical (unpaired) electrons. The Morgan fingerprint density at radius 2 is 1.67 bits per heavy atom. The standard InChI is InChI=1S/C20H23NO3/c22-19(15-23-13-14-24-18-9-5-2-6-10-18)21-20(17-11-12-17)16-7-3-1-4-8-16/h1-10,17,20H,11-15H2,(H,21,22)/t20-/m0/s1. The normalized spacial score (nSPS) is 14.8. The summed E-state index contributed by atoms with van der Waals surface area (Å²) in [7, 11) is 0. The SMILES string of the molecule is O=C(COCCOc1ccccc1)N[C@@H](c1ccccc1)C1CC1. The second-order valence-electron chi connectivity index (χ2n) is 6.01. The second kappa shape index (κ2) is 8.50. The van der Waals surface area contributed by atoms with Crippen LogP contribution in [0.5, 0.6) is 5.75 Å². The predicted molar refractivity (Wildman–Crippen MR) is 92.8 cm³/mol. The zero-order valence-corrected chi connectivity index (χ0v) is 13.7. The van der Waals surface area contributed by atoms with Crippen molar-refractivity contribution in [2.24, 2.45) is 5.92 Å². The maximum Gasteiger partial charge on any atom is 0.246 e. The van der Waals surface area contributed by atoms with Crippen LogP contribution in [0, 0.1) is 5.92 Å². The highest BCUT2D eigenvalue weighted by atomic mass is 16.5. The molecule has 1 aliphatic carbocycles. The van der Waals surface area contributed by atoms with Gasteiger partial charge in [-0.15, -0.1) is 0 Å².